The third kappa shape index (κ3) is 6.75. The first-order valence-electron chi connectivity index (χ1n) is 14.9. The minimum Gasteiger partial charge on any atom is -0.349 e. The standard InChI is InChI=1S/C33H38F3N3O3S/c1-3-38(4-2)22-23-15-18-29-25(19-23)10-7-13-30(29)37-32(40)21-27-17-16-24-9-5-6-14-31(24)39(27)43(41,42)28-12-8-11-26(20-28)33(34,35)36/h5-6,8-9,11-12,14-15,18-20,27,30H,3-4,7,10,13,16-17,21-22H2,1-2H3,(H,37,40)/t27?,30-/m1/s1. The maximum Gasteiger partial charge on any atom is 0.416 e. The fourth-order valence-electron chi connectivity index (χ4n) is 6.32. The van der Waals surface area contributed by atoms with E-state index in [2.05, 4.69) is 42.3 Å². The van der Waals surface area contributed by atoms with Crippen molar-refractivity contribution in [2.24, 2.45) is 0 Å². The molecule has 5 rings (SSSR count). The molecule has 2 aliphatic rings. The SMILES string of the molecule is CCN(CC)Cc1ccc2c(c1)CCC[C@H]2NC(=O)CC1CCc2ccccc2N1S(=O)(=O)c1cccc(C(F)(F)F)c1. The highest BCUT2D eigenvalue weighted by atomic mass is 32.2. The minimum atomic E-state index is -4.69. The number of anilines is 1. The number of amides is 1. The van der Waals surface area contributed by atoms with Crippen LogP contribution in [0.15, 0.2) is 71.6 Å². The molecule has 1 aliphatic carbocycles. The zero-order chi connectivity index (χ0) is 30.8. The van der Waals surface area contributed by atoms with Gasteiger partial charge in [0.25, 0.3) is 10.0 Å². The number of fused-ring (bicyclic) bond motifs is 2. The van der Waals surface area contributed by atoms with E-state index in [1.54, 1.807) is 18.2 Å². The second kappa shape index (κ2) is 12.7. The van der Waals surface area contributed by atoms with Crippen molar-refractivity contribution in [1.82, 2.24) is 10.2 Å². The van der Waals surface area contributed by atoms with E-state index in [9.17, 15) is 26.4 Å². The summed E-state index contributed by atoms with van der Waals surface area (Å²) < 4.78 is 69.4. The number of rotatable bonds is 9. The molecule has 0 saturated carbocycles. The van der Waals surface area contributed by atoms with Gasteiger partial charge in [0.2, 0.25) is 5.91 Å². The number of carbonyl (C=O) groups excluding carboxylic acids is 1. The van der Waals surface area contributed by atoms with Crippen LogP contribution in [-0.2, 0) is 40.4 Å². The molecule has 1 N–H and O–H groups in total. The molecule has 2 atom stereocenters. The lowest BCUT2D eigenvalue weighted by molar-refractivity contribution is -0.137. The van der Waals surface area contributed by atoms with E-state index in [0.29, 0.717) is 24.6 Å². The van der Waals surface area contributed by atoms with Crippen molar-refractivity contribution in [2.45, 2.75) is 82.1 Å². The molecule has 3 aromatic rings. The maximum absolute atomic E-state index is 13.9. The molecular weight excluding hydrogens is 575 g/mol. The van der Waals surface area contributed by atoms with Crippen molar-refractivity contribution in [2.75, 3.05) is 17.4 Å². The molecule has 43 heavy (non-hydrogen) atoms. The molecule has 0 saturated heterocycles. The molecule has 1 aliphatic heterocycles. The Bertz CT molecular complexity index is 1570. The summed E-state index contributed by atoms with van der Waals surface area (Å²) >= 11 is 0. The first kappa shape index (κ1) is 31.1. The summed E-state index contributed by atoms with van der Waals surface area (Å²) in [5.41, 5.74) is 3.69. The number of nitrogens with one attached hydrogen (secondary N) is 1. The van der Waals surface area contributed by atoms with Crippen molar-refractivity contribution in [3.8, 4) is 0 Å². The predicted octanol–water partition coefficient (Wildman–Crippen LogP) is 6.64. The van der Waals surface area contributed by atoms with Crippen LogP contribution in [0.3, 0.4) is 0 Å². The highest BCUT2D eigenvalue weighted by Gasteiger charge is 2.39. The minimum absolute atomic E-state index is 0.0988. The normalized spacial score (nSPS) is 18.7. The number of hydrogen-bond donors (Lipinski definition) is 1. The third-order valence-corrected chi connectivity index (χ3v) is 10.5. The van der Waals surface area contributed by atoms with Crippen LogP contribution < -0.4 is 9.62 Å². The molecular formula is C33H38F3N3O3S. The maximum atomic E-state index is 13.9. The molecule has 230 valence electrons. The van der Waals surface area contributed by atoms with Crippen LogP contribution in [0.4, 0.5) is 18.9 Å². The fourth-order valence-corrected chi connectivity index (χ4v) is 8.08. The Hall–Kier alpha value is -3.37. The highest BCUT2D eigenvalue weighted by molar-refractivity contribution is 7.92. The van der Waals surface area contributed by atoms with Gasteiger partial charge in [-0.1, -0.05) is 56.3 Å². The zero-order valence-electron chi connectivity index (χ0n) is 24.5. The third-order valence-electron chi connectivity index (χ3n) is 8.60. The Labute approximate surface area is 251 Å². The lowest BCUT2D eigenvalue weighted by Gasteiger charge is -2.38. The summed E-state index contributed by atoms with van der Waals surface area (Å²) in [6.45, 7) is 7.10. The molecule has 3 aromatic carbocycles. The van der Waals surface area contributed by atoms with Crippen molar-refractivity contribution in [3.05, 3.63) is 94.5 Å². The van der Waals surface area contributed by atoms with E-state index < -0.39 is 32.7 Å². The Morgan fingerprint density at radius 1 is 0.953 bits per heavy atom. The summed E-state index contributed by atoms with van der Waals surface area (Å²) in [5.74, 6) is -0.279. The summed E-state index contributed by atoms with van der Waals surface area (Å²) in [5, 5.41) is 3.15. The highest BCUT2D eigenvalue weighted by Crippen LogP contribution is 2.38. The fraction of sp³-hybridized carbons (Fsp3) is 0.424. The summed E-state index contributed by atoms with van der Waals surface area (Å²) in [6, 6.07) is 16.3. The van der Waals surface area contributed by atoms with Gasteiger partial charge in [0.1, 0.15) is 0 Å². The van der Waals surface area contributed by atoms with E-state index >= 15 is 0 Å². The Morgan fingerprint density at radius 3 is 2.47 bits per heavy atom. The molecule has 6 nitrogen and oxygen atoms in total. The van der Waals surface area contributed by atoms with Crippen LogP contribution in [0.5, 0.6) is 0 Å². The van der Waals surface area contributed by atoms with Crippen LogP contribution in [-0.4, -0.2) is 38.4 Å². The first-order valence-corrected chi connectivity index (χ1v) is 16.4. The quantitative estimate of drug-likeness (QED) is 0.294. The van der Waals surface area contributed by atoms with Crippen LogP contribution >= 0.6 is 0 Å². The predicted molar refractivity (Wildman–Crippen MR) is 161 cm³/mol. The van der Waals surface area contributed by atoms with Gasteiger partial charge in [-0.25, -0.2) is 8.42 Å². The number of carbonyl (C=O) groups is 1. The lowest BCUT2D eigenvalue weighted by atomic mass is 9.86. The van der Waals surface area contributed by atoms with Crippen LogP contribution in [0.25, 0.3) is 0 Å². The number of hydrogen-bond acceptors (Lipinski definition) is 4. The van der Waals surface area contributed by atoms with Crippen molar-refractivity contribution in [3.63, 3.8) is 0 Å². The number of sulfonamides is 1. The van der Waals surface area contributed by atoms with Gasteiger partial charge in [0.15, 0.2) is 0 Å². The van der Waals surface area contributed by atoms with Gasteiger partial charge in [0.05, 0.1) is 28.2 Å². The van der Waals surface area contributed by atoms with Crippen molar-refractivity contribution < 1.29 is 26.4 Å². The Kier molecular flexibility index (Phi) is 9.18. The van der Waals surface area contributed by atoms with Crippen LogP contribution in [0.1, 0.15) is 73.4 Å². The molecule has 0 radical (unpaired) electrons. The lowest BCUT2D eigenvalue weighted by Crippen LogP contribution is -2.46. The molecule has 1 heterocycles. The van der Waals surface area contributed by atoms with Gasteiger partial charge in [-0.15, -0.1) is 0 Å². The largest absolute Gasteiger partial charge is 0.416 e. The van der Waals surface area contributed by atoms with Gasteiger partial charge in [-0.05, 0) is 91.7 Å². The number of halogens is 3. The zero-order valence-corrected chi connectivity index (χ0v) is 25.3. The average molecular weight is 614 g/mol. The van der Waals surface area contributed by atoms with Crippen LogP contribution in [0.2, 0.25) is 0 Å². The van der Waals surface area contributed by atoms with E-state index in [4.69, 9.17) is 0 Å². The second-order valence-electron chi connectivity index (χ2n) is 11.4. The van der Waals surface area contributed by atoms with Gasteiger partial charge in [0, 0.05) is 13.0 Å². The summed E-state index contributed by atoms with van der Waals surface area (Å²) in [7, 11) is -4.40. The number of aryl methyl sites for hydroxylation is 2. The Morgan fingerprint density at radius 2 is 1.72 bits per heavy atom. The number of benzene rings is 3. The van der Waals surface area contributed by atoms with E-state index in [-0.39, 0.29) is 18.4 Å². The first-order chi connectivity index (χ1) is 20.5. The second-order valence-corrected chi connectivity index (χ2v) is 13.2. The van der Waals surface area contributed by atoms with E-state index in [1.807, 2.05) is 6.07 Å². The van der Waals surface area contributed by atoms with E-state index in [0.717, 1.165) is 66.5 Å². The molecule has 0 bridgehead atoms. The van der Waals surface area contributed by atoms with E-state index in [1.165, 1.54) is 17.2 Å². The van der Waals surface area contributed by atoms with Gasteiger partial charge < -0.3 is 5.32 Å². The summed E-state index contributed by atoms with van der Waals surface area (Å²) in [6.07, 6.45) is -1.20. The molecule has 1 amide bonds. The molecule has 10 heteroatoms. The molecule has 0 fully saturated rings. The average Bonchev–Trinajstić information content (AvgIpc) is 2.99. The summed E-state index contributed by atoms with van der Waals surface area (Å²) in [4.78, 5) is 15.4. The van der Waals surface area contributed by atoms with Crippen LogP contribution in [0, 0.1) is 0 Å². The number of para-hydroxylation sites is 1. The topological polar surface area (TPSA) is 69.7 Å². The number of alkyl halides is 3. The van der Waals surface area contributed by atoms with Gasteiger partial charge >= 0.3 is 6.18 Å². The monoisotopic (exact) mass is 613 g/mol. The smallest absolute Gasteiger partial charge is 0.349 e. The molecule has 0 spiro atoms. The Balaban J connectivity index is 1.38. The molecule has 1 unspecified atom stereocenters. The number of nitrogens with zero attached hydrogens (tertiary/aromatic N) is 2. The molecule has 0 aromatic heterocycles. The van der Waals surface area contributed by atoms with Crippen molar-refractivity contribution in [1.29, 1.82) is 0 Å². The van der Waals surface area contributed by atoms with Gasteiger partial charge in [-0.2, -0.15) is 13.2 Å². The van der Waals surface area contributed by atoms with Crippen molar-refractivity contribution >= 4 is 21.6 Å². The van der Waals surface area contributed by atoms with Gasteiger partial charge in [-0.3, -0.25) is 14.0 Å².